The van der Waals surface area contributed by atoms with Gasteiger partial charge in [0.15, 0.2) is 0 Å². The molecule has 0 bridgehead atoms. The van der Waals surface area contributed by atoms with E-state index in [1.807, 2.05) is 42.2 Å². The highest BCUT2D eigenvalue weighted by atomic mass is 79.9. The summed E-state index contributed by atoms with van der Waals surface area (Å²) >= 11 is 9.63. The van der Waals surface area contributed by atoms with Crippen LogP contribution in [0.15, 0.2) is 46.9 Å². The summed E-state index contributed by atoms with van der Waals surface area (Å²) in [5.41, 5.74) is 3.39. The lowest BCUT2D eigenvalue weighted by Gasteiger charge is -2.35. The zero-order valence-electron chi connectivity index (χ0n) is 14.3. The molecule has 0 spiro atoms. The number of nitrogens with zero attached hydrogens (tertiary/aromatic N) is 2. The molecular formula is C20H22BrClN2O. The number of benzene rings is 2. The van der Waals surface area contributed by atoms with Crippen LogP contribution in [0.5, 0.6) is 0 Å². The van der Waals surface area contributed by atoms with Crippen LogP contribution in [0.1, 0.15) is 16.7 Å². The SMILES string of the molecule is Cc1ccc(CN2CCN(C(=O)Cc3ccc(Br)cc3)CC2)cc1Cl. The van der Waals surface area contributed by atoms with Gasteiger partial charge in [-0.3, -0.25) is 9.69 Å². The van der Waals surface area contributed by atoms with Gasteiger partial charge in [0.25, 0.3) is 0 Å². The number of hydrogen-bond acceptors (Lipinski definition) is 2. The second-order valence-electron chi connectivity index (χ2n) is 6.54. The molecule has 0 saturated carbocycles. The molecule has 3 nitrogen and oxygen atoms in total. The largest absolute Gasteiger partial charge is 0.340 e. The molecule has 1 heterocycles. The van der Waals surface area contributed by atoms with Gasteiger partial charge in [-0.1, -0.05) is 51.8 Å². The summed E-state index contributed by atoms with van der Waals surface area (Å²) in [6.45, 7) is 6.27. The van der Waals surface area contributed by atoms with E-state index in [-0.39, 0.29) is 5.91 Å². The molecule has 25 heavy (non-hydrogen) atoms. The molecule has 0 N–H and O–H groups in total. The standard InChI is InChI=1S/C20H22BrClN2O/c1-15-2-3-17(12-19(15)22)14-23-8-10-24(11-9-23)20(25)13-16-4-6-18(21)7-5-16/h2-7,12H,8-11,13-14H2,1H3. The maximum Gasteiger partial charge on any atom is 0.227 e. The first-order valence-electron chi connectivity index (χ1n) is 8.51. The van der Waals surface area contributed by atoms with Gasteiger partial charge in [0.05, 0.1) is 6.42 Å². The molecule has 0 atom stereocenters. The van der Waals surface area contributed by atoms with Gasteiger partial charge in [-0.15, -0.1) is 0 Å². The van der Waals surface area contributed by atoms with Crippen LogP contribution in [0.25, 0.3) is 0 Å². The molecule has 1 amide bonds. The number of rotatable bonds is 4. The Bertz CT molecular complexity index is 740. The molecule has 0 radical (unpaired) electrons. The minimum Gasteiger partial charge on any atom is -0.340 e. The topological polar surface area (TPSA) is 23.6 Å². The Morgan fingerprint density at radius 3 is 2.32 bits per heavy atom. The number of aryl methyl sites for hydroxylation is 1. The van der Waals surface area contributed by atoms with Crippen molar-refractivity contribution in [2.24, 2.45) is 0 Å². The Morgan fingerprint density at radius 1 is 1.04 bits per heavy atom. The van der Waals surface area contributed by atoms with Crippen molar-refractivity contribution < 1.29 is 4.79 Å². The maximum atomic E-state index is 12.5. The predicted molar refractivity (Wildman–Crippen MR) is 106 cm³/mol. The molecule has 0 unspecified atom stereocenters. The fourth-order valence-corrected chi connectivity index (χ4v) is 3.50. The zero-order chi connectivity index (χ0) is 17.8. The van der Waals surface area contributed by atoms with Crippen LogP contribution in [-0.4, -0.2) is 41.9 Å². The number of carbonyl (C=O) groups is 1. The second kappa shape index (κ2) is 8.35. The number of piperazine rings is 1. The third-order valence-corrected chi connectivity index (χ3v) is 5.57. The maximum absolute atomic E-state index is 12.5. The molecule has 1 aliphatic heterocycles. The average molecular weight is 422 g/mol. The Balaban J connectivity index is 1.50. The zero-order valence-corrected chi connectivity index (χ0v) is 16.7. The van der Waals surface area contributed by atoms with Crippen molar-refractivity contribution in [2.75, 3.05) is 26.2 Å². The first kappa shape index (κ1) is 18.4. The fraction of sp³-hybridized carbons (Fsp3) is 0.350. The van der Waals surface area contributed by atoms with Gasteiger partial charge in [0.2, 0.25) is 5.91 Å². The van der Waals surface area contributed by atoms with Crippen LogP contribution < -0.4 is 0 Å². The monoisotopic (exact) mass is 420 g/mol. The number of hydrogen-bond donors (Lipinski definition) is 0. The van der Waals surface area contributed by atoms with Gasteiger partial charge < -0.3 is 4.90 Å². The summed E-state index contributed by atoms with van der Waals surface area (Å²) in [7, 11) is 0. The molecule has 132 valence electrons. The second-order valence-corrected chi connectivity index (χ2v) is 7.87. The molecule has 5 heteroatoms. The van der Waals surface area contributed by atoms with E-state index in [2.05, 4.69) is 33.0 Å². The summed E-state index contributed by atoms with van der Waals surface area (Å²) in [6.07, 6.45) is 0.473. The molecule has 1 aliphatic rings. The van der Waals surface area contributed by atoms with E-state index < -0.39 is 0 Å². The number of amides is 1. The smallest absolute Gasteiger partial charge is 0.227 e. The molecular weight excluding hydrogens is 400 g/mol. The summed E-state index contributed by atoms with van der Waals surface area (Å²) < 4.78 is 1.04. The molecule has 1 saturated heterocycles. The number of halogens is 2. The summed E-state index contributed by atoms with van der Waals surface area (Å²) in [5, 5.41) is 0.820. The lowest BCUT2D eigenvalue weighted by molar-refractivity contribution is -0.132. The fourth-order valence-electron chi connectivity index (χ4n) is 3.04. The predicted octanol–water partition coefficient (Wildman–Crippen LogP) is 4.30. The van der Waals surface area contributed by atoms with Gasteiger partial charge in [-0.2, -0.15) is 0 Å². The first-order chi connectivity index (χ1) is 12.0. The van der Waals surface area contributed by atoms with Crippen molar-refractivity contribution in [3.63, 3.8) is 0 Å². The number of carbonyl (C=O) groups excluding carboxylic acids is 1. The third-order valence-electron chi connectivity index (χ3n) is 4.64. The van der Waals surface area contributed by atoms with Gasteiger partial charge in [0, 0.05) is 42.2 Å². The summed E-state index contributed by atoms with van der Waals surface area (Å²) in [6, 6.07) is 14.2. The van der Waals surface area contributed by atoms with E-state index in [0.29, 0.717) is 6.42 Å². The molecule has 2 aromatic rings. The molecule has 1 fully saturated rings. The van der Waals surface area contributed by atoms with Gasteiger partial charge in [-0.25, -0.2) is 0 Å². The highest BCUT2D eigenvalue weighted by Gasteiger charge is 2.21. The van der Waals surface area contributed by atoms with Crippen LogP contribution in [0, 0.1) is 6.92 Å². The van der Waals surface area contributed by atoms with Crippen LogP contribution in [0.2, 0.25) is 5.02 Å². The Hall–Kier alpha value is -1.36. The van der Waals surface area contributed by atoms with E-state index >= 15 is 0 Å². The van der Waals surface area contributed by atoms with Crippen molar-refractivity contribution in [3.05, 3.63) is 68.7 Å². The average Bonchev–Trinajstić information content (AvgIpc) is 2.61. The normalized spacial score (nSPS) is 15.4. The highest BCUT2D eigenvalue weighted by molar-refractivity contribution is 9.10. The van der Waals surface area contributed by atoms with Crippen LogP contribution >= 0.6 is 27.5 Å². The van der Waals surface area contributed by atoms with Crippen LogP contribution in [0.3, 0.4) is 0 Å². The molecule has 3 rings (SSSR count). The molecule has 0 aromatic heterocycles. The minimum absolute atomic E-state index is 0.209. The minimum atomic E-state index is 0.209. The van der Waals surface area contributed by atoms with Crippen LogP contribution in [0.4, 0.5) is 0 Å². The van der Waals surface area contributed by atoms with Crippen molar-refractivity contribution in [1.82, 2.24) is 9.80 Å². The lowest BCUT2D eigenvalue weighted by Crippen LogP contribution is -2.48. The van der Waals surface area contributed by atoms with E-state index in [4.69, 9.17) is 11.6 Å². The van der Waals surface area contributed by atoms with E-state index in [0.717, 1.165) is 53.3 Å². The Labute approximate surface area is 162 Å². The van der Waals surface area contributed by atoms with Gasteiger partial charge in [-0.05, 0) is 41.8 Å². The van der Waals surface area contributed by atoms with Gasteiger partial charge >= 0.3 is 0 Å². The van der Waals surface area contributed by atoms with Crippen molar-refractivity contribution >= 4 is 33.4 Å². The van der Waals surface area contributed by atoms with Crippen molar-refractivity contribution in [3.8, 4) is 0 Å². The highest BCUT2D eigenvalue weighted by Crippen LogP contribution is 2.19. The Morgan fingerprint density at radius 2 is 1.68 bits per heavy atom. The van der Waals surface area contributed by atoms with Gasteiger partial charge in [0.1, 0.15) is 0 Å². The third kappa shape index (κ3) is 5.06. The van der Waals surface area contributed by atoms with Crippen molar-refractivity contribution in [1.29, 1.82) is 0 Å². The van der Waals surface area contributed by atoms with E-state index in [1.165, 1.54) is 5.56 Å². The van der Waals surface area contributed by atoms with E-state index in [1.54, 1.807) is 0 Å². The summed E-state index contributed by atoms with van der Waals surface area (Å²) in [5.74, 6) is 0.209. The molecule has 0 aliphatic carbocycles. The summed E-state index contributed by atoms with van der Waals surface area (Å²) in [4.78, 5) is 16.8. The van der Waals surface area contributed by atoms with E-state index in [9.17, 15) is 4.79 Å². The first-order valence-corrected chi connectivity index (χ1v) is 9.68. The Kier molecular flexibility index (Phi) is 6.15. The molecule has 2 aromatic carbocycles. The lowest BCUT2D eigenvalue weighted by atomic mass is 10.1. The van der Waals surface area contributed by atoms with Crippen LogP contribution in [-0.2, 0) is 17.8 Å². The quantitative estimate of drug-likeness (QED) is 0.735. The van der Waals surface area contributed by atoms with Crippen molar-refractivity contribution in [2.45, 2.75) is 19.9 Å².